The highest BCUT2D eigenvalue weighted by Crippen LogP contribution is 2.28. The van der Waals surface area contributed by atoms with Gasteiger partial charge in [0.2, 0.25) is 0 Å². The quantitative estimate of drug-likeness (QED) is 0.598. The smallest absolute Gasteiger partial charge is 0.00207 e. The summed E-state index contributed by atoms with van der Waals surface area (Å²) in [6, 6.07) is 0. The zero-order valence-corrected chi connectivity index (χ0v) is 9.31. The third kappa shape index (κ3) is 4.12. The van der Waals surface area contributed by atoms with Gasteiger partial charge in [-0.3, -0.25) is 0 Å². The lowest BCUT2D eigenvalue weighted by Gasteiger charge is -2.25. The van der Waals surface area contributed by atoms with Crippen molar-refractivity contribution in [3.63, 3.8) is 0 Å². The third-order valence-corrected chi connectivity index (χ3v) is 3.54. The van der Waals surface area contributed by atoms with Gasteiger partial charge in [0, 0.05) is 0 Å². The van der Waals surface area contributed by atoms with Gasteiger partial charge in [-0.15, -0.1) is 0 Å². The van der Waals surface area contributed by atoms with Crippen LogP contribution < -0.4 is 5.32 Å². The van der Waals surface area contributed by atoms with Crippen LogP contribution in [0.3, 0.4) is 0 Å². The summed E-state index contributed by atoms with van der Waals surface area (Å²) in [5.41, 5.74) is 0. The first-order valence-electron chi connectivity index (χ1n) is 6.07. The molecule has 0 aromatic heterocycles. The van der Waals surface area contributed by atoms with Crippen LogP contribution >= 0.6 is 0 Å². The first-order valence-corrected chi connectivity index (χ1v) is 6.07. The molecule has 0 saturated heterocycles. The molecular formula is C12H25N. The fourth-order valence-electron chi connectivity index (χ4n) is 1.97. The molecule has 1 aliphatic rings. The van der Waals surface area contributed by atoms with Crippen LogP contribution in [0.1, 0.15) is 52.4 Å². The predicted octanol–water partition coefficient (Wildman–Crippen LogP) is 3.20. The molecule has 0 unspecified atom stereocenters. The maximum atomic E-state index is 3.59. The largest absolute Gasteiger partial charge is 0.316 e. The highest BCUT2D eigenvalue weighted by Gasteiger charge is 2.16. The SMILES string of the molecule is CCC(CC)CNCCC1CCC1. The molecule has 1 rings (SSSR count). The Morgan fingerprint density at radius 2 is 1.92 bits per heavy atom. The molecule has 0 radical (unpaired) electrons. The Morgan fingerprint density at radius 1 is 1.23 bits per heavy atom. The lowest BCUT2D eigenvalue weighted by molar-refractivity contribution is 0.288. The topological polar surface area (TPSA) is 12.0 Å². The molecule has 0 aliphatic heterocycles. The Balaban J connectivity index is 1.87. The molecule has 0 aromatic rings. The van der Waals surface area contributed by atoms with Gasteiger partial charge in [0.05, 0.1) is 0 Å². The van der Waals surface area contributed by atoms with Crippen LogP contribution in [0.5, 0.6) is 0 Å². The summed E-state index contributed by atoms with van der Waals surface area (Å²) >= 11 is 0. The number of hydrogen-bond acceptors (Lipinski definition) is 1. The Kier molecular flexibility index (Phi) is 5.45. The molecule has 1 heteroatoms. The van der Waals surface area contributed by atoms with E-state index in [9.17, 15) is 0 Å². The predicted molar refractivity (Wildman–Crippen MR) is 58.9 cm³/mol. The van der Waals surface area contributed by atoms with E-state index < -0.39 is 0 Å². The van der Waals surface area contributed by atoms with E-state index in [1.54, 1.807) is 0 Å². The molecule has 1 N–H and O–H groups in total. The van der Waals surface area contributed by atoms with Gasteiger partial charge in [0.1, 0.15) is 0 Å². The van der Waals surface area contributed by atoms with Crippen molar-refractivity contribution < 1.29 is 0 Å². The minimum absolute atomic E-state index is 0.904. The fraction of sp³-hybridized carbons (Fsp3) is 1.00. The van der Waals surface area contributed by atoms with E-state index in [2.05, 4.69) is 19.2 Å². The van der Waals surface area contributed by atoms with E-state index in [0.717, 1.165) is 11.8 Å². The van der Waals surface area contributed by atoms with Crippen LogP contribution in [0.25, 0.3) is 0 Å². The zero-order valence-electron chi connectivity index (χ0n) is 9.31. The number of hydrogen-bond donors (Lipinski definition) is 1. The molecule has 0 heterocycles. The summed E-state index contributed by atoms with van der Waals surface area (Å²) in [6.45, 7) is 7.07. The van der Waals surface area contributed by atoms with E-state index in [-0.39, 0.29) is 0 Å². The van der Waals surface area contributed by atoms with E-state index >= 15 is 0 Å². The number of nitrogens with one attached hydrogen (secondary N) is 1. The first kappa shape index (κ1) is 11.0. The molecule has 0 aromatic carbocycles. The molecule has 78 valence electrons. The molecule has 13 heavy (non-hydrogen) atoms. The molecule has 1 nitrogen and oxygen atoms in total. The average molecular weight is 183 g/mol. The van der Waals surface area contributed by atoms with Crippen LogP contribution in [0.4, 0.5) is 0 Å². The van der Waals surface area contributed by atoms with Crippen molar-refractivity contribution in [3.05, 3.63) is 0 Å². The second-order valence-electron chi connectivity index (χ2n) is 4.47. The molecule has 1 saturated carbocycles. The van der Waals surface area contributed by atoms with E-state index in [1.165, 1.54) is 51.6 Å². The van der Waals surface area contributed by atoms with Crippen molar-refractivity contribution in [1.29, 1.82) is 0 Å². The van der Waals surface area contributed by atoms with Gasteiger partial charge in [0.25, 0.3) is 0 Å². The lowest BCUT2D eigenvalue weighted by Crippen LogP contribution is -2.26. The molecule has 0 atom stereocenters. The Bertz CT molecular complexity index is 114. The Morgan fingerprint density at radius 3 is 2.38 bits per heavy atom. The standard InChI is InChI=1S/C12H25N/c1-3-11(4-2)10-13-9-8-12-6-5-7-12/h11-13H,3-10H2,1-2H3. The van der Waals surface area contributed by atoms with Crippen molar-refractivity contribution in [2.24, 2.45) is 11.8 Å². The molecule has 0 amide bonds. The van der Waals surface area contributed by atoms with Gasteiger partial charge < -0.3 is 5.32 Å². The van der Waals surface area contributed by atoms with Crippen LogP contribution in [0.15, 0.2) is 0 Å². The van der Waals surface area contributed by atoms with Gasteiger partial charge in [-0.1, -0.05) is 46.0 Å². The number of rotatable bonds is 7. The fourth-order valence-corrected chi connectivity index (χ4v) is 1.97. The van der Waals surface area contributed by atoms with Gasteiger partial charge in [-0.2, -0.15) is 0 Å². The van der Waals surface area contributed by atoms with Crippen molar-refractivity contribution >= 4 is 0 Å². The van der Waals surface area contributed by atoms with E-state index in [0.29, 0.717) is 0 Å². The molecule has 0 bridgehead atoms. The minimum atomic E-state index is 0.904. The summed E-state index contributed by atoms with van der Waals surface area (Å²) < 4.78 is 0. The highest BCUT2D eigenvalue weighted by molar-refractivity contribution is 4.70. The normalized spacial score (nSPS) is 17.8. The van der Waals surface area contributed by atoms with Gasteiger partial charge >= 0.3 is 0 Å². The maximum Gasteiger partial charge on any atom is -0.00207 e. The molecule has 1 aliphatic carbocycles. The lowest BCUT2D eigenvalue weighted by atomic mass is 9.83. The molecule has 1 fully saturated rings. The molecule has 0 spiro atoms. The third-order valence-electron chi connectivity index (χ3n) is 3.54. The summed E-state index contributed by atoms with van der Waals surface area (Å²) in [7, 11) is 0. The van der Waals surface area contributed by atoms with Crippen molar-refractivity contribution in [2.45, 2.75) is 52.4 Å². The van der Waals surface area contributed by atoms with Crippen molar-refractivity contribution in [2.75, 3.05) is 13.1 Å². The summed E-state index contributed by atoms with van der Waals surface area (Å²) in [4.78, 5) is 0. The van der Waals surface area contributed by atoms with E-state index in [1.807, 2.05) is 0 Å². The highest BCUT2D eigenvalue weighted by atomic mass is 14.9. The van der Waals surface area contributed by atoms with Crippen LogP contribution in [-0.2, 0) is 0 Å². The Labute approximate surface area is 83.3 Å². The van der Waals surface area contributed by atoms with Crippen LogP contribution in [-0.4, -0.2) is 13.1 Å². The summed E-state index contributed by atoms with van der Waals surface area (Å²) in [5, 5.41) is 3.59. The zero-order chi connectivity index (χ0) is 9.52. The maximum absolute atomic E-state index is 3.59. The van der Waals surface area contributed by atoms with Gasteiger partial charge in [-0.05, 0) is 31.3 Å². The van der Waals surface area contributed by atoms with Gasteiger partial charge in [0.15, 0.2) is 0 Å². The molecular weight excluding hydrogens is 158 g/mol. The first-order chi connectivity index (χ1) is 6.36. The van der Waals surface area contributed by atoms with Crippen LogP contribution in [0.2, 0.25) is 0 Å². The van der Waals surface area contributed by atoms with E-state index in [4.69, 9.17) is 0 Å². The van der Waals surface area contributed by atoms with Crippen molar-refractivity contribution in [1.82, 2.24) is 5.32 Å². The summed E-state index contributed by atoms with van der Waals surface area (Å²) in [5.74, 6) is 1.97. The Hall–Kier alpha value is -0.0400. The summed E-state index contributed by atoms with van der Waals surface area (Å²) in [6.07, 6.45) is 8.54. The monoisotopic (exact) mass is 183 g/mol. The average Bonchev–Trinajstić information content (AvgIpc) is 2.08. The van der Waals surface area contributed by atoms with Crippen molar-refractivity contribution in [3.8, 4) is 0 Å². The minimum Gasteiger partial charge on any atom is -0.316 e. The van der Waals surface area contributed by atoms with Gasteiger partial charge in [-0.25, -0.2) is 0 Å². The van der Waals surface area contributed by atoms with Crippen LogP contribution in [0, 0.1) is 11.8 Å². The second-order valence-corrected chi connectivity index (χ2v) is 4.47. The second kappa shape index (κ2) is 6.42.